The van der Waals surface area contributed by atoms with E-state index in [9.17, 15) is 19.2 Å². The third-order valence-electron chi connectivity index (χ3n) is 8.98. The third-order valence-corrected chi connectivity index (χ3v) is 8.98. The number of carbonyl (C=O) groups is 3. The fraction of sp³-hybridized carbons (Fsp3) is 0.615. The van der Waals surface area contributed by atoms with E-state index < -0.39 is 11.9 Å². The van der Waals surface area contributed by atoms with Gasteiger partial charge >= 0.3 is 11.8 Å². The lowest BCUT2D eigenvalue weighted by Crippen LogP contribution is -2.67. The van der Waals surface area contributed by atoms with Crippen molar-refractivity contribution in [3.8, 4) is 0 Å². The van der Waals surface area contributed by atoms with Crippen molar-refractivity contribution in [2.45, 2.75) is 56.5 Å². The van der Waals surface area contributed by atoms with Crippen LogP contribution in [0.5, 0.6) is 0 Å². The molecule has 1 atom stereocenters. The van der Waals surface area contributed by atoms with Gasteiger partial charge in [-0.1, -0.05) is 6.07 Å². The quantitative estimate of drug-likeness (QED) is 0.650. The summed E-state index contributed by atoms with van der Waals surface area (Å²) in [5.41, 5.74) is 2.87. The van der Waals surface area contributed by atoms with Crippen LogP contribution in [0.1, 0.15) is 56.0 Å². The monoisotopic (exact) mass is 495 g/mol. The van der Waals surface area contributed by atoms with Crippen LogP contribution in [0.3, 0.4) is 0 Å². The minimum Gasteiger partial charge on any atom is -0.453 e. The molecule has 1 aliphatic carbocycles. The molecule has 1 aromatic heterocycles. The summed E-state index contributed by atoms with van der Waals surface area (Å²) in [7, 11) is 3.18. The van der Waals surface area contributed by atoms with Crippen molar-refractivity contribution in [3.05, 3.63) is 34.2 Å². The van der Waals surface area contributed by atoms with Gasteiger partial charge in [0.05, 0.1) is 18.1 Å². The molecule has 36 heavy (non-hydrogen) atoms. The van der Waals surface area contributed by atoms with Gasteiger partial charge in [-0.2, -0.15) is 0 Å². The van der Waals surface area contributed by atoms with Crippen LogP contribution < -0.4 is 11.0 Å². The number of nitrogens with zero attached hydrogens (tertiary/aromatic N) is 4. The van der Waals surface area contributed by atoms with Crippen LogP contribution in [0.15, 0.2) is 23.0 Å². The lowest BCUT2D eigenvalue weighted by Gasteiger charge is -2.61. The van der Waals surface area contributed by atoms with Crippen LogP contribution in [0.2, 0.25) is 0 Å². The third kappa shape index (κ3) is 3.65. The number of imidazole rings is 1. The Balaban J connectivity index is 1.11. The van der Waals surface area contributed by atoms with E-state index in [2.05, 4.69) is 22.3 Å². The Morgan fingerprint density at radius 2 is 1.78 bits per heavy atom. The smallest absolute Gasteiger partial charge is 0.409 e. The molecular formula is C26H33N5O5. The molecule has 4 heterocycles. The lowest BCUT2D eigenvalue weighted by molar-refractivity contribution is -0.135. The molecule has 1 N–H and O–H groups in total. The molecule has 2 aromatic rings. The molecule has 192 valence electrons. The number of benzene rings is 1. The number of aryl methyl sites for hydroxylation is 1. The van der Waals surface area contributed by atoms with Crippen molar-refractivity contribution < 1.29 is 19.1 Å². The number of rotatable bonds is 3. The zero-order valence-electron chi connectivity index (χ0n) is 20.9. The lowest BCUT2D eigenvalue weighted by atomic mass is 9.60. The highest BCUT2D eigenvalue weighted by molar-refractivity contribution is 6.00. The van der Waals surface area contributed by atoms with Crippen LogP contribution in [-0.2, 0) is 21.4 Å². The molecule has 1 aromatic carbocycles. The topological polar surface area (TPSA) is 106 Å². The van der Waals surface area contributed by atoms with Gasteiger partial charge in [-0.15, -0.1) is 0 Å². The Morgan fingerprint density at radius 1 is 1.06 bits per heavy atom. The number of fused-ring (bicyclic) bond motifs is 1. The predicted octanol–water partition coefficient (Wildman–Crippen LogP) is 1.73. The van der Waals surface area contributed by atoms with Crippen LogP contribution in [0.25, 0.3) is 11.0 Å². The fourth-order valence-electron chi connectivity index (χ4n) is 6.94. The standard InChI is InChI=1S/C26H33N5O5/c1-28-21-11-17(3-4-19(21)31(24(28)34)20-5-6-22(32)27-23(20)33)16-7-9-29(10-8-16)18-12-26(13-18)14-30(15-26)25(35)36-2/h3-4,11,16,18,20H,5-10,12-15H2,1-2H3,(H,27,32,33). The Hall–Kier alpha value is -3.14. The van der Waals surface area contributed by atoms with E-state index in [-0.39, 0.29) is 24.1 Å². The number of likely N-dealkylation sites (tertiary alicyclic amines) is 2. The van der Waals surface area contributed by atoms with Gasteiger partial charge in [0.1, 0.15) is 6.04 Å². The zero-order valence-corrected chi connectivity index (χ0v) is 20.9. The SMILES string of the molecule is COC(=O)N1CC2(CC(N3CCC(c4ccc5c(c4)n(C)c(=O)n5C4CCC(=O)NC4=O)CC3)C2)C1. The van der Waals surface area contributed by atoms with E-state index in [0.717, 1.165) is 62.9 Å². The molecule has 3 aliphatic heterocycles. The van der Waals surface area contributed by atoms with Crippen LogP contribution >= 0.6 is 0 Å². The van der Waals surface area contributed by atoms with Gasteiger partial charge in [-0.3, -0.25) is 24.0 Å². The summed E-state index contributed by atoms with van der Waals surface area (Å²) >= 11 is 0. The van der Waals surface area contributed by atoms with Crippen molar-refractivity contribution in [2.75, 3.05) is 33.3 Å². The Kier molecular flexibility index (Phi) is 5.47. The van der Waals surface area contributed by atoms with Crippen molar-refractivity contribution in [2.24, 2.45) is 12.5 Å². The first-order valence-electron chi connectivity index (χ1n) is 12.9. The van der Waals surface area contributed by atoms with Crippen molar-refractivity contribution in [1.29, 1.82) is 0 Å². The molecule has 4 aliphatic rings. The van der Waals surface area contributed by atoms with Gasteiger partial charge in [0.25, 0.3) is 0 Å². The summed E-state index contributed by atoms with van der Waals surface area (Å²) in [4.78, 5) is 53.1. The molecule has 1 unspecified atom stereocenters. The summed E-state index contributed by atoms with van der Waals surface area (Å²) in [6.07, 6.45) is 4.83. The Labute approximate surface area is 209 Å². The van der Waals surface area contributed by atoms with Crippen LogP contribution in [0, 0.1) is 5.41 Å². The minimum absolute atomic E-state index is 0.216. The normalized spacial score (nSPS) is 25.1. The summed E-state index contributed by atoms with van der Waals surface area (Å²) in [6, 6.07) is 6.11. The second kappa shape index (κ2) is 8.47. The molecule has 4 fully saturated rings. The summed E-state index contributed by atoms with van der Waals surface area (Å²) < 4.78 is 7.97. The van der Waals surface area contributed by atoms with E-state index in [1.807, 2.05) is 6.07 Å². The van der Waals surface area contributed by atoms with Gasteiger partial charge < -0.3 is 14.5 Å². The maximum absolute atomic E-state index is 13.0. The molecule has 1 spiro atoms. The highest BCUT2D eigenvalue weighted by Crippen LogP contribution is 2.51. The second-order valence-corrected chi connectivity index (χ2v) is 11.1. The fourth-order valence-corrected chi connectivity index (χ4v) is 6.94. The number of imide groups is 1. The zero-order chi connectivity index (χ0) is 25.2. The number of piperidine rings is 2. The number of carbonyl (C=O) groups excluding carboxylic acids is 3. The van der Waals surface area contributed by atoms with Crippen LogP contribution in [-0.4, -0.2) is 76.2 Å². The average Bonchev–Trinajstić information content (AvgIpc) is 3.07. The number of nitrogens with one attached hydrogen (secondary N) is 1. The van der Waals surface area contributed by atoms with E-state index >= 15 is 0 Å². The summed E-state index contributed by atoms with van der Waals surface area (Å²) in [6.45, 7) is 3.76. The van der Waals surface area contributed by atoms with E-state index in [0.29, 0.717) is 23.8 Å². The van der Waals surface area contributed by atoms with Gasteiger partial charge in [-0.25, -0.2) is 9.59 Å². The first-order chi connectivity index (χ1) is 17.3. The van der Waals surface area contributed by atoms with Crippen molar-refractivity contribution >= 4 is 28.9 Å². The summed E-state index contributed by atoms with van der Waals surface area (Å²) in [5.74, 6) is -0.256. The van der Waals surface area contributed by atoms with Crippen molar-refractivity contribution in [3.63, 3.8) is 0 Å². The molecule has 0 bridgehead atoms. The molecular weight excluding hydrogens is 462 g/mol. The van der Waals surface area contributed by atoms with E-state index in [1.165, 1.54) is 17.2 Å². The molecule has 1 saturated carbocycles. The highest BCUT2D eigenvalue weighted by atomic mass is 16.5. The molecule has 10 heteroatoms. The Bertz CT molecular complexity index is 1290. The summed E-state index contributed by atoms with van der Waals surface area (Å²) in [5, 5.41) is 2.36. The van der Waals surface area contributed by atoms with Gasteiger partial charge in [0.2, 0.25) is 11.8 Å². The molecule has 3 amide bonds. The first kappa shape index (κ1) is 23.3. The maximum Gasteiger partial charge on any atom is 0.409 e. The predicted molar refractivity (Wildman–Crippen MR) is 132 cm³/mol. The Morgan fingerprint density at radius 3 is 2.44 bits per heavy atom. The number of hydrogen-bond acceptors (Lipinski definition) is 6. The van der Waals surface area contributed by atoms with E-state index in [4.69, 9.17) is 4.74 Å². The van der Waals surface area contributed by atoms with Crippen molar-refractivity contribution in [1.82, 2.24) is 24.3 Å². The number of amides is 3. The highest BCUT2D eigenvalue weighted by Gasteiger charge is 2.55. The molecule has 6 rings (SSSR count). The number of hydrogen-bond donors (Lipinski definition) is 1. The van der Waals surface area contributed by atoms with E-state index in [1.54, 1.807) is 16.5 Å². The van der Waals surface area contributed by atoms with Gasteiger partial charge in [-0.05, 0) is 68.8 Å². The molecule has 0 radical (unpaired) electrons. The number of aromatic nitrogens is 2. The number of ether oxygens (including phenoxy) is 1. The molecule has 3 saturated heterocycles. The first-order valence-corrected chi connectivity index (χ1v) is 12.9. The largest absolute Gasteiger partial charge is 0.453 e. The van der Waals surface area contributed by atoms with Crippen LogP contribution in [0.4, 0.5) is 4.79 Å². The van der Waals surface area contributed by atoms with Gasteiger partial charge in [0.15, 0.2) is 0 Å². The van der Waals surface area contributed by atoms with Gasteiger partial charge in [0, 0.05) is 38.0 Å². The average molecular weight is 496 g/mol. The molecule has 10 nitrogen and oxygen atoms in total. The second-order valence-electron chi connectivity index (χ2n) is 11.1. The number of methoxy groups -OCH3 is 1. The minimum atomic E-state index is -0.658. The maximum atomic E-state index is 13.0.